The van der Waals surface area contributed by atoms with Crippen LogP contribution in [0.5, 0.6) is 5.75 Å². The van der Waals surface area contributed by atoms with Gasteiger partial charge in [-0.15, -0.1) is 0 Å². The average Bonchev–Trinajstić information content (AvgIpc) is 3.32. The molecule has 2 amide bonds. The molecule has 0 aliphatic rings. The van der Waals surface area contributed by atoms with Crippen molar-refractivity contribution in [3.63, 3.8) is 0 Å². The highest BCUT2D eigenvalue weighted by atomic mass is 19.4. The van der Waals surface area contributed by atoms with E-state index in [1.165, 1.54) is 37.5 Å². The Bertz CT molecular complexity index is 1200. The standard InChI is InChI=1S/C26H25F3N2O4/c1-3-4-14-30-25(33)22(31-24(32)17-8-10-20(34-2)11-9-17)16-21-12-13-23(35-21)18-6-5-7-19(15-18)26(27,28)29/h5-13,15-16H,3-4,14H2,1-2H3,(H,30,33)(H,31,32)/b22-16+. The highest BCUT2D eigenvalue weighted by Gasteiger charge is 2.30. The number of hydrogen-bond acceptors (Lipinski definition) is 4. The van der Waals surface area contributed by atoms with Crippen LogP contribution in [0.15, 0.2) is 70.8 Å². The molecule has 1 aromatic heterocycles. The van der Waals surface area contributed by atoms with Crippen molar-refractivity contribution in [2.75, 3.05) is 13.7 Å². The Balaban J connectivity index is 1.86. The molecule has 0 aliphatic carbocycles. The van der Waals surface area contributed by atoms with Crippen LogP contribution in [-0.2, 0) is 11.0 Å². The van der Waals surface area contributed by atoms with E-state index in [-0.39, 0.29) is 22.8 Å². The lowest BCUT2D eigenvalue weighted by Crippen LogP contribution is -2.35. The molecule has 2 aromatic carbocycles. The van der Waals surface area contributed by atoms with Crippen LogP contribution in [0.4, 0.5) is 13.2 Å². The van der Waals surface area contributed by atoms with Crippen LogP contribution in [0.25, 0.3) is 17.4 Å². The molecular formula is C26H25F3N2O4. The molecule has 3 rings (SSSR count). The van der Waals surface area contributed by atoms with E-state index in [1.807, 2.05) is 6.92 Å². The third-order valence-corrected chi connectivity index (χ3v) is 5.05. The van der Waals surface area contributed by atoms with Gasteiger partial charge in [0.2, 0.25) is 0 Å². The smallest absolute Gasteiger partial charge is 0.416 e. The summed E-state index contributed by atoms with van der Waals surface area (Å²) >= 11 is 0. The summed E-state index contributed by atoms with van der Waals surface area (Å²) in [6.07, 6.45) is -1.53. The second-order valence-corrected chi connectivity index (χ2v) is 7.63. The van der Waals surface area contributed by atoms with Crippen molar-refractivity contribution in [1.82, 2.24) is 10.6 Å². The highest BCUT2D eigenvalue weighted by Crippen LogP contribution is 2.32. The van der Waals surface area contributed by atoms with Gasteiger partial charge >= 0.3 is 6.18 Å². The lowest BCUT2D eigenvalue weighted by atomic mass is 10.1. The van der Waals surface area contributed by atoms with Crippen molar-refractivity contribution in [3.8, 4) is 17.1 Å². The summed E-state index contributed by atoms with van der Waals surface area (Å²) in [5.41, 5.74) is -0.323. The maximum atomic E-state index is 13.0. The molecule has 0 fully saturated rings. The first-order valence-electron chi connectivity index (χ1n) is 10.9. The third kappa shape index (κ3) is 6.99. The van der Waals surface area contributed by atoms with Crippen molar-refractivity contribution in [2.24, 2.45) is 0 Å². The second-order valence-electron chi connectivity index (χ2n) is 7.63. The monoisotopic (exact) mass is 486 g/mol. The van der Waals surface area contributed by atoms with Gasteiger partial charge in [0.1, 0.15) is 23.0 Å². The fraction of sp³-hybridized carbons (Fsp3) is 0.231. The van der Waals surface area contributed by atoms with Crippen molar-refractivity contribution in [1.29, 1.82) is 0 Å². The fourth-order valence-corrected chi connectivity index (χ4v) is 3.15. The molecule has 0 saturated heterocycles. The Labute approximate surface area is 200 Å². The van der Waals surface area contributed by atoms with E-state index < -0.39 is 23.6 Å². The van der Waals surface area contributed by atoms with E-state index in [0.29, 0.717) is 17.9 Å². The first-order chi connectivity index (χ1) is 16.7. The molecule has 2 N–H and O–H groups in total. The topological polar surface area (TPSA) is 80.6 Å². The second kappa shape index (κ2) is 11.4. The van der Waals surface area contributed by atoms with Crippen LogP contribution in [0.1, 0.15) is 41.4 Å². The van der Waals surface area contributed by atoms with Crippen LogP contribution in [0, 0.1) is 0 Å². The summed E-state index contributed by atoms with van der Waals surface area (Å²) in [6, 6.07) is 14.1. The van der Waals surface area contributed by atoms with E-state index in [1.54, 1.807) is 24.3 Å². The van der Waals surface area contributed by atoms with Gasteiger partial charge in [0.15, 0.2) is 0 Å². The van der Waals surface area contributed by atoms with Gasteiger partial charge in [0.05, 0.1) is 12.7 Å². The molecule has 1 heterocycles. The van der Waals surface area contributed by atoms with E-state index in [9.17, 15) is 22.8 Å². The molecule has 0 saturated carbocycles. The summed E-state index contributed by atoms with van der Waals surface area (Å²) < 4.78 is 49.9. The average molecular weight is 486 g/mol. The van der Waals surface area contributed by atoms with Crippen LogP contribution in [0.3, 0.4) is 0 Å². The zero-order chi connectivity index (χ0) is 25.4. The SMILES string of the molecule is CCCCNC(=O)/C(=C\c1ccc(-c2cccc(C(F)(F)F)c2)o1)NC(=O)c1ccc(OC)cc1. The predicted octanol–water partition coefficient (Wildman–Crippen LogP) is 5.66. The van der Waals surface area contributed by atoms with Gasteiger partial charge in [-0.2, -0.15) is 13.2 Å². The van der Waals surface area contributed by atoms with Crippen LogP contribution >= 0.6 is 0 Å². The maximum Gasteiger partial charge on any atom is 0.416 e. The van der Waals surface area contributed by atoms with Crippen molar-refractivity contribution in [2.45, 2.75) is 25.9 Å². The number of benzene rings is 2. The fourth-order valence-electron chi connectivity index (χ4n) is 3.15. The van der Waals surface area contributed by atoms with Crippen LogP contribution < -0.4 is 15.4 Å². The lowest BCUT2D eigenvalue weighted by Gasteiger charge is -2.11. The van der Waals surface area contributed by atoms with Gasteiger partial charge in [-0.3, -0.25) is 9.59 Å². The Morgan fingerprint density at radius 2 is 1.80 bits per heavy atom. The number of rotatable bonds is 9. The van der Waals surface area contributed by atoms with E-state index in [0.717, 1.165) is 25.0 Å². The van der Waals surface area contributed by atoms with Crippen molar-refractivity contribution in [3.05, 3.63) is 83.2 Å². The number of alkyl halides is 3. The van der Waals surface area contributed by atoms with Crippen molar-refractivity contribution < 1.29 is 31.9 Å². The summed E-state index contributed by atoms with van der Waals surface area (Å²) in [6.45, 7) is 2.39. The number of unbranched alkanes of at least 4 members (excludes halogenated alkanes) is 1. The quantitative estimate of drug-likeness (QED) is 0.302. The molecular weight excluding hydrogens is 461 g/mol. The number of carbonyl (C=O) groups is 2. The largest absolute Gasteiger partial charge is 0.497 e. The zero-order valence-electron chi connectivity index (χ0n) is 19.2. The van der Waals surface area contributed by atoms with E-state index in [2.05, 4.69) is 10.6 Å². The van der Waals surface area contributed by atoms with Crippen LogP contribution in [-0.4, -0.2) is 25.5 Å². The predicted molar refractivity (Wildman–Crippen MR) is 126 cm³/mol. The molecule has 184 valence electrons. The normalized spacial score (nSPS) is 11.7. The molecule has 0 bridgehead atoms. The van der Waals surface area contributed by atoms with Gasteiger partial charge in [-0.05, 0) is 55.0 Å². The third-order valence-electron chi connectivity index (χ3n) is 5.05. The number of nitrogens with one attached hydrogen (secondary N) is 2. The minimum atomic E-state index is -4.49. The minimum absolute atomic E-state index is 0.0631. The number of carbonyl (C=O) groups excluding carboxylic acids is 2. The first kappa shape index (κ1) is 25.6. The Hall–Kier alpha value is -4.01. The number of halogens is 3. The minimum Gasteiger partial charge on any atom is -0.497 e. The summed E-state index contributed by atoms with van der Waals surface area (Å²) in [5.74, 6) is -0.0819. The first-order valence-corrected chi connectivity index (χ1v) is 10.9. The molecule has 3 aromatic rings. The lowest BCUT2D eigenvalue weighted by molar-refractivity contribution is -0.137. The molecule has 0 aliphatic heterocycles. The molecule has 9 heteroatoms. The van der Waals surface area contributed by atoms with E-state index >= 15 is 0 Å². The number of hydrogen-bond donors (Lipinski definition) is 2. The zero-order valence-corrected chi connectivity index (χ0v) is 19.2. The Morgan fingerprint density at radius 3 is 2.46 bits per heavy atom. The summed E-state index contributed by atoms with van der Waals surface area (Å²) in [4.78, 5) is 25.5. The maximum absolute atomic E-state index is 13.0. The summed E-state index contributed by atoms with van der Waals surface area (Å²) in [5, 5.41) is 5.32. The molecule has 0 unspecified atom stereocenters. The number of ether oxygens (including phenoxy) is 1. The Morgan fingerprint density at radius 1 is 1.06 bits per heavy atom. The highest BCUT2D eigenvalue weighted by molar-refractivity contribution is 6.05. The molecule has 0 radical (unpaired) electrons. The van der Waals surface area contributed by atoms with Gasteiger partial charge in [0.25, 0.3) is 11.8 Å². The molecule has 6 nitrogen and oxygen atoms in total. The summed E-state index contributed by atoms with van der Waals surface area (Å²) in [7, 11) is 1.51. The van der Waals surface area contributed by atoms with Crippen molar-refractivity contribution >= 4 is 17.9 Å². The number of furan rings is 1. The van der Waals surface area contributed by atoms with E-state index in [4.69, 9.17) is 9.15 Å². The van der Waals surface area contributed by atoms with Gasteiger partial charge in [0, 0.05) is 23.7 Å². The number of amides is 2. The molecule has 0 atom stereocenters. The molecule has 0 spiro atoms. The number of methoxy groups -OCH3 is 1. The van der Waals surface area contributed by atoms with Crippen LogP contribution in [0.2, 0.25) is 0 Å². The molecule has 35 heavy (non-hydrogen) atoms. The Kier molecular flexibility index (Phi) is 8.35. The van der Waals surface area contributed by atoms with Gasteiger partial charge in [-0.25, -0.2) is 0 Å². The van der Waals surface area contributed by atoms with Gasteiger partial charge in [-0.1, -0.05) is 25.5 Å². The van der Waals surface area contributed by atoms with Gasteiger partial charge < -0.3 is 19.8 Å².